The van der Waals surface area contributed by atoms with Gasteiger partial charge in [0.15, 0.2) is 0 Å². The van der Waals surface area contributed by atoms with E-state index in [-0.39, 0.29) is 61.3 Å². The van der Waals surface area contributed by atoms with Crippen molar-refractivity contribution in [3.05, 3.63) is 108 Å². The number of anilines is 1. The van der Waals surface area contributed by atoms with Crippen LogP contribution in [0, 0.1) is 17.8 Å². The Morgan fingerprint density at radius 3 is 2.40 bits per heavy atom. The summed E-state index contributed by atoms with van der Waals surface area (Å²) in [5.41, 5.74) is 3.47. The number of benzene rings is 3. The molecule has 322 valence electrons. The summed E-state index contributed by atoms with van der Waals surface area (Å²) in [6, 6.07) is 19.7. The Bertz CT molecular complexity index is 2150. The highest BCUT2D eigenvalue weighted by Crippen LogP contribution is 2.62. The number of carbonyl (C=O) groups excluding carboxylic acids is 2. The van der Waals surface area contributed by atoms with Crippen molar-refractivity contribution in [3.8, 4) is 11.5 Å². The van der Waals surface area contributed by atoms with Gasteiger partial charge in [-0.25, -0.2) is 13.2 Å². The number of carbonyl (C=O) groups is 2. The summed E-state index contributed by atoms with van der Waals surface area (Å²) in [5.74, 6) is -2.29. The molecule has 1 heterocycles. The second-order valence-electron chi connectivity index (χ2n) is 15.4. The van der Waals surface area contributed by atoms with Gasteiger partial charge < -0.3 is 39.9 Å². The van der Waals surface area contributed by atoms with E-state index in [9.17, 15) is 28.2 Å². The molecule has 3 aromatic rings. The number of ether oxygens (including phenoxy) is 3. The Balaban J connectivity index is 1.50. The van der Waals surface area contributed by atoms with Crippen molar-refractivity contribution < 1.29 is 47.3 Å². The van der Waals surface area contributed by atoms with Crippen LogP contribution in [0.5, 0.6) is 11.5 Å². The first-order valence-electron chi connectivity index (χ1n) is 20.4. The zero-order valence-electron chi connectivity index (χ0n) is 34.4. The number of unbranched alkanes of at least 4 members (excludes halogenated alkanes) is 2. The first kappa shape index (κ1) is 44.5. The average molecular weight is 845 g/mol. The second kappa shape index (κ2) is 20.0. The van der Waals surface area contributed by atoms with Crippen LogP contribution < -0.4 is 20.1 Å². The molecule has 14 nitrogen and oxygen atoms in total. The molecule has 0 radical (unpaired) electrons. The fraction of sp³-hybridized carbons (Fsp3) is 0.444. The van der Waals surface area contributed by atoms with Gasteiger partial charge in [-0.15, -0.1) is 6.58 Å². The number of fused-ring (bicyclic) bond motifs is 2. The highest BCUT2D eigenvalue weighted by Gasteiger charge is 2.65. The van der Waals surface area contributed by atoms with Crippen LogP contribution >= 0.6 is 0 Å². The van der Waals surface area contributed by atoms with Gasteiger partial charge in [-0.05, 0) is 91.1 Å². The lowest BCUT2D eigenvalue weighted by atomic mass is 9.55. The summed E-state index contributed by atoms with van der Waals surface area (Å²) in [4.78, 5) is 30.3. The van der Waals surface area contributed by atoms with Crippen LogP contribution in [0.15, 0.2) is 107 Å². The van der Waals surface area contributed by atoms with E-state index in [0.29, 0.717) is 48.6 Å². The molecule has 60 heavy (non-hydrogen) atoms. The maximum absolute atomic E-state index is 14.7. The number of sulfonamides is 1. The molecular weight excluding hydrogens is 789 g/mol. The minimum absolute atomic E-state index is 0.000829. The molecule has 3 aliphatic rings. The smallest absolute Gasteiger partial charge is 0.412 e. The summed E-state index contributed by atoms with van der Waals surface area (Å²) >= 11 is 0. The van der Waals surface area contributed by atoms with Gasteiger partial charge in [0.25, 0.3) is 0 Å². The van der Waals surface area contributed by atoms with Crippen molar-refractivity contribution in [3.63, 3.8) is 0 Å². The fourth-order valence-corrected chi connectivity index (χ4v) is 10.4. The molecule has 0 aromatic heterocycles. The summed E-state index contributed by atoms with van der Waals surface area (Å²) < 4.78 is 50.4. The number of hydrogen-bond donors (Lipinski definition) is 4. The van der Waals surface area contributed by atoms with Gasteiger partial charge in [-0.2, -0.15) is 4.31 Å². The van der Waals surface area contributed by atoms with Gasteiger partial charge in [0, 0.05) is 57.3 Å². The average Bonchev–Trinajstić information content (AvgIpc) is 3.24. The number of nitrogens with zero attached hydrogens (tertiary/aromatic N) is 2. The Hall–Kier alpha value is -5.06. The molecule has 1 saturated carbocycles. The molecule has 15 heteroatoms. The van der Waals surface area contributed by atoms with Crippen molar-refractivity contribution in [1.82, 2.24) is 9.62 Å². The van der Waals surface area contributed by atoms with Crippen molar-refractivity contribution in [1.29, 1.82) is 0 Å². The minimum Gasteiger partial charge on any atom is -0.460 e. The van der Waals surface area contributed by atoms with Crippen molar-refractivity contribution >= 4 is 33.4 Å². The van der Waals surface area contributed by atoms with Gasteiger partial charge >= 0.3 is 6.09 Å². The lowest BCUT2D eigenvalue weighted by molar-refractivity contribution is -0.250. The van der Waals surface area contributed by atoms with Crippen molar-refractivity contribution in [2.75, 3.05) is 39.3 Å². The molecule has 3 aromatic carbocycles. The van der Waals surface area contributed by atoms with Crippen molar-refractivity contribution in [2.24, 2.45) is 22.9 Å². The van der Waals surface area contributed by atoms with Crippen LogP contribution in [0.3, 0.4) is 0 Å². The zero-order valence-corrected chi connectivity index (χ0v) is 35.2. The number of allylic oxidation sites excluding steroid dienone is 1. The molecule has 1 fully saturated rings. The number of oxime groups is 1. The summed E-state index contributed by atoms with van der Waals surface area (Å²) in [5, 5.41) is 29.7. The predicted molar refractivity (Wildman–Crippen MR) is 227 cm³/mol. The summed E-state index contributed by atoms with van der Waals surface area (Å²) in [6.07, 6.45) is 7.35. The van der Waals surface area contributed by atoms with Crippen LogP contribution in [0.2, 0.25) is 0 Å². The number of aliphatic hydroxyl groups excluding tert-OH is 2. The van der Waals surface area contributed by atoms with Gasteiger partial charge in [-0.3, -0.25) is 4.79 Å². The van der Waals surface area contributed by atoms with Gasteiger partial charge in [-0.1, -0.05) is 60.5 Å². The number of aliphatic hydroxyl groups is 2. The summed E-state index contributed by atoms with van der Waals surface area (Å²) in [6.45, 7) is 5.69. The molecule has 2 amide bonds. The number of hydrogen-bond acceptors (Lipinski definition) is 11. The molecule has 2 aliphatic carbocycles. The number of rotatable bonds is 19. The number of likely N-dealkylation sites (N-methyl/N-ethyl adjacent to an activating group) is 1. The molecule has 6 atom stereocenters. The number of nitrogens with one attached hydrogen (secondary N) is 2. The van der Waals surface area contributed by atoms with E-state index in [1.807, 2.05) is 36.4 Å². The molecule has 0 saturated heterocycles. The quantitative estimate of drug-likeness (QED) is 0.0589. The van der Waals surface area contributed by atoms with Gasteiger partial charge in [0.05, 0.1) is 29.2 Å². The monoisotopic (exact) mass is 844 g/mol. The van der Waals surface area contributed by atoms with E-state index >= 15 is 0 Å². The lowest BCUT2D eigenvalue weighted by Crippen LogP contribution is -2.69. The third-order valence-corrected chi connectivity index (χ3v) is 13.5. The van der Waals surface area contributed by atoms with E-state index in [1.165, 1.54) is 49.7 Å². The molecule has 0 bridgehead atoms. The first-order chi connectivity index (χ1) is 29.0. The Morgan fingerprint density at radius 2 is 1.73 bits per heavy atom. The van der Waals surface area contributed by atoms with Crippen LogP contribution in [0.4, 0.5) is 10.5 Å². The first-order valence-corrected chi connectivity index (χ1v) is 21.9. The van der Waals surface area contributed by atoms with Crippen LogP contribution in [-0.4, -0.2) is 86.5 Å². The molecule has 0 unspecified atom stereocenters. The zero-order chi connectivity index (χ0) is 42.9. The Labute approximate surface area is 352 Å². The van der Waals surface area contributed by atoms with E-state index in [0.717, 1.165) is 29.5 Å². The largest absolute Gasteiger partial charge is 0.460 e. The number of amides is 2. The maximum atomic E-state index is 14.7. The third-order valence-electron chi connectivity index (χ3n) is 11.6. The maximum Gasteiger partial charge on any atom is 0.412 e. The van der Waals surface area contributed by atoms with Gasteiger partial charge in [0.1, 0.15) is 18.6 Å². The molecule has 6 rings (SSSR count). The van der Waals surface area contributed by atoms with E-state index in [4.69, 9.17) is 19.0 Å². The van der Waals surface area contributed by atoms with Crippen molar-refractivity contribution in [2.45, 2.75) is 81.1 Å². The van der Waals surface area contributed by atoms with E-state index in [1.54, 1.807) is 18.2 Å². The summed E-state index contributed by atoms with van der Waals surface area (Å²) in [7, 11) is -1.29. The van der Waals surface area contributed by atoms with E-state index < -0.39 is 33.9 Å². The molecule has 4 N–H and O–H groups in total. The van der Waals surface area contributed by atoms with Crippen LogP contribution in [0.1, 0.15) is 68.9 Å². The highest BCUT2D eigenvalue weighted by atomic mass is 32.2. The Kier molecular flexibility index (Phi) is 14.8. The van der Waals surface area contributed by atoms with Crippen LogP contribution in [0.25, 0.3) is 0 Å². The van der Waals surface area contributed by atoms with Crippen LogP contribution in [-0.2, 0) is 30.9 Å². The Morgan fingerprint density at radius 1 is 1.02 bits per heavy atom. The minimum atomic E-state index is -4.24. The molecule has 1 aliphatic heterocycles. The normalized spacial score (nSPS) is 23.7. The second-order valence-corrected chi connectivity index (χ2v) is 17.4. The SMILES string of the molecule is C=CCO[C@@]12Oc3ccc(OC(=O)NCc4ccccc4)cc3[C@H]3[C@H](CCCCO)[C@@H](CCCCO)C=C(C(=NOC)C[C@@H]1N(C)S(=O)(=O)c1ccc(NC(C)=O)cc1)[C@H]32. The third kappa shape index (κ3) is 9.60. The predicted octanol–water partition coefficient (Wildman–Crippen LogP) is 6.52. The highest BCUT2D eigenvalue weighted by molar-refractivity contribution is 7.89. The topological polar surface area (TPSA) is 185 Å². The molecular formula is C45H56N4O10S. The van der Waals surface area contributed by atoms with Gasteiger partial charge in [0.2, 0.25) is 21.7 Å². The lowest BCUT2D eigenvalue weighted by Gasteiger charge is -2.59. The fourth-order valence-electron chi connectivity index (χ4n) is 9.04. The standard InChI is InChI=1S/C45H56N4O10S/c1-5-25-57-45-41(49(3)60(54,55)35-20-17-33(18-21-35)47-30(2)52)28-39(48-56-4)37-26-32(15-9-11-23-50)36(16-10-12-24-51)42(43(37)45)38-27-34(19-22-40(38)59-45)58-44(53)46-29-31-13-7-6-8-14-31/h5-8,13-14,17-22,26-27,32,36,41-43,50-51H,1,9-12,15-16,23-25,28-29H2,2-4H3,(H,46,53)(H,47,52)/t32-,36+,41-,42+,43+,45+/m0/s1. The van der Waals surface area contributed by atoms with E-state index in [2.05, 4.69) is 28.4 Å². The molecule has 0 spiro atoms.